The summed E-state index contributed by atoms with van der Waals surface area (Å²) in [5.41, 5.74) is 6.84. The zero-order valence-electron chi connectivity index (χ0n) is 12.0. The van der Waals surface area contributed by atoms with E-state index in [2.05, 4.69) is 5.32 Å². The van der Waals surface area contributed by atoms with Gasteiger partial charge in [-0.2, -0.15) is 0 Å². The molecule has 20 heavy (non-hydrogen) atoms. The van der Waals surface area contributed by atoms with Gasteiger partial charge in [-0.05, 0) is 38.0 Å². The Morgan fingerprint density at radius 2 is 2.05 bits per heavy atom. The van der Waals surface area contributed by atoms with Crippen LogP contribution in [0.4, 0.5) is 5.69 Å². The average molecular weight is 280 g/mol. The number of nitrogens with two attached hydrogens (primary N) is 1. The van der Waals surface area contributed by atoms with Crippen LogP contribution in [0.2, 0.25) is 0 Å². The van der Waals surface area contributed by atoms with Crippen molar-refractivity contribution in [2.75, 3.05) is 25.5 Å². The Morgan fingerprint density at radius 3 is 2.70 bits per heavy atom. The van der Waals surface area contributed by atoms with Gasteiger partial charge >= 0.3 is 0 Å². The highest BCUT2D eigenvalue weighted by Gasteiger charge is 2.08. The molecule has 0 fully saturated rings. The predicted molar refractivity (Wildman–Crippen MR) is 79.9 cm³/mol. The number of hydrogen-bond donors (Lipinski definition) is 3. The maximum Gasteiger partial charge on any atom is 0.251 e. The molecule has 1 aromatic carbocycles. The molecule has 112 valence electrons. The molecule has 0 saturated heterocycles. The summed E-state index contributed by atoms with van der Waals surface area (Å²) in [7, 11) is 0. The summed E-state index contributed by atoms with van der Waals surface area (Å²) in [6, 6.07) is 5.06. The van der Waals surface area contributed by atoms with Crippen LogP contribution in [0.1, 0.15) is 43.0 Å². The summed E-state index contributed by atoms with van der Waals surface area (Å²) in [4.78, 5) is 11.9. The van der Waals surface area contributed by atoms with E-state index in [1.807, 2.05) is 6.92 Å². The molecule has 5 heteroatoms. The van der Waals surface area contributed by atoms with Crippen molar-refractivity contribution in [2.24, 2.45) is 0 Å². The van der Waals surface area contributed by atoms with Crippen molar-refractivity contribution >= 4 is 11.6 Å². The standard InChI is InChI=1S/C15H24N2O3/c1-2-20-14-8-7-12(11-13(14)16)15(19)17-9-5-3-4-6-10-18/h7-8,11,18H,2-6,9-10,16H2,1H3,(H,17,19). The number of aliphatic hydroxyl groups excluding tert-OH is 1. The van der Waals surface area contributed by atoms with E-state index < -0.39 is 0 Å². The van der Waals surface area contributed by atoms with Crippen molar-refractivity contribution in [1.29, 1.82) is 0 Å². The van der Waals surface area contributed by atoms with Crippen LogP contribution < -0.4 is 15.8 Å². The molecule has 0 atom stereocenters. The van der Waals surface area contributed by atoms with E-state index in [1.54, 1.807) is 18.2 Å². The van der Waals surface area contributed by atoms with Crippen molar-refractivity contribution in [3.05, 3.63) is 23.8 Å². The Morgan fingerprint density at radius 1 is 1.30 bits per heavy atom. The number of nitrogen functional groups attached to an aromatic ring is 1. The monoisotopic (exact) mass is 280 g/mol. The molecule has 0 aromatic heterocycles. The molecule has 1 rings (SSSR count). The fourth-order valence-corrected chi connectivity index (χ4v) is 1.87. The quantitative estimate of drug-likeness (QED) is 0.477. The minimum absolute atomic E-state index is 0.123. The summed E-state index contributed by atoms with van der Waals surface area (Å²) in [5, 5.41) is 11.5. The largest absolute Gasteiger partial charge is 0.492 e. The van der Waals surface area contributed by atoms with Gasteiger partial charge in [-0.15, -0.1) is 0 Å². The third-order valence-electron chi connectivity index (χ3n) is 2.94. The lowest BCUT2D eigenvalue weighted by atomic mass is 10.1. The number of hydrogen-bond acceptors (Lipinski definition) is 4. The molecule has 0 radical (unpaired) electrons. The van der Waals surface area contributed by atoms with Crippen molar-refractivity contribution in [3.63, 3.8) is 0 Å². The van der Waals surface area contributed by atoms with Crippen molar-refractivity contribution in [3.8, 4) is 5.75 Å². The van der Waals surface area contributed by atoms with Gasteiger partial charge in [0.15, 0.2) is 0 Å². The van der Waals surface area contributed by atoms with Crippen LogP contribution >= 0.6 is 0 Å². The van der Waals surface area contributed by atoms with Gasteiger partial charge < -0.3 is 20.9 Å². The van der Waals surface area contributed by atoms with Crippen LogP contribution in [0.3, 0.4) is 0 Å². The molecule has 0 spiro atoms. The summed E-state index contributed by atoms with van der Waals surface area (Å²) < 4.78 is 5.33. The Kier molecular flexibility index (Phi) is 7.50. The van der Waals surface area contributed by atoms with E-state index in [4.69, 9.17) is 15.6 Å². The first-order valence-electron chi connectivity index (χ1n) is 7.10. The van der Waals surface area contributed by atoms with E-state index in [-0.39, 0.29) is 12.5 Å². The molecular formula is C15H24N2O3. The summed E-state index contributed by atoms with van der Waals surface area (Å²) in [5.74, 6) is 0.481. The zero-order valence-corrected chi connectivity index (χ0v) is 12.0. The highest BCUT2D eigenvalue weighted by molar-refractivity contribution is 5.95. The van der Waals surface area contributed by atoms with Gasteiger partial charge in [0, 0.05) is 18.7 Å². The van der Waals surface area contributed by atoms with Crippen molar-refractivity contribution in [2.45, 2.75) is 32.6 Å². The topological polar surface area (TPSA) is 84.6 Å². The zero-order chi connectivity index (χ0) is 14.8. The molecular weight excluding hydrogens is 256 g/mol. The number of aliphatic hydroxyl groups is 1. The number of rotatable bonds is 9. The van der Waals surface area contributed by atoms with Crippen LogP contribution in [-0.4, -0.2) is 30.8 Å². The fourth-order valence-electron chi connectivity index (χ4n) is 1.87. The number of amides is 1. The Hall–Kier alpha value is -1.75. The van der Waals surface area contributed by atoms with Gasteiger partial charge in [-0.25, -0.2) is 0 Å². The number of carbonyl (C=O) groups is 1. The number of nitrogens with one attached hydrogen (secondary N) is 1. The van der Waals surface area contributed by atoms with Gasteiger partial charge in [-0.1, -0.05) is 12.8 Å². The van der Waals surface area contributed by atoms with Crippen LogP contribution in [0.25, 0.3) is 0 Å². The van der Waals surface area contributed by atoms with Gasteiger partial charge in [-0.3, -0.25) is 4.79 Å². The van der Waals surface area contributed by atoms with E-state index in [1.165, 1.54) is 0 Å². The second-order valence-electron chi connectivity index (χ2n) is 4.58. The Bertz CT molecular complexity index is 422. The minimum atomic E-state index is -0.123. The smallest absolute Gasteiger partial charge is 0.251 e. The van der Waals surface area contributed by atoms with Crippen LogP contribution in [-0.2, 0) is 0 Å². The highest BCUT2D eigenvalue weighted by atomic mass is 16.5. The first-order valence-corrected chi connectivity index (χ1v) is 7.10. The molecule has 0 aliphatic rings. The maximum absolute atomic E-state index is 11.9. The number of ether oxygens (including phenoxy) is 1. The minimum Gasteiger partial charge on any atom is -0.492 e. The van der Waals surface area contributed by atoms with Crippen LogP contribution in [0.15, 0.2) is 18.2 Å². The molecule has 0 unspecified atom stereocenters. The lowest BCUT2D eigenvalue weighted by Crippen LogP contribution is -2.24. The van der Waals surface area contributed by atoms with Gasteiger partial charge in [0.1, 0.15) is 5.75 Å². The molecule has 5 nitrogen and oxygen atoms in total. The normalized spacial score (nSPS) is 10.3. The summed E-state index contributed by atoms with van der Waals surface area (Å²) >= 11 is 0. The van der Waals surface area contributed by atoms with Crippen molar-refractivity contribution < 1.29 is 14.6 Å². The SMILES string of the molecule is CCOc1ccc(C(=O)NCCCCCCO)cc1N. The fraction of sp³-hybridized carbons (Fsp3) is 0.533. The average Bonchev–Trinajstić information content (AvgIpc) is 2.45. The van der Waals surface area contributed by atoms with E-state index in [0.29, 0.717) is 30.2 Å². The predicted octanol–water partition coefficient (Wildman–Crippen LogP) is 1.95. The number of anilines is 1. The Labute approximate surface area is 120 Å². The first kappa shape index (κ1) is 16.3. The molecule has 4 N–H and O–H groups in total. The molecule has 0 aliphatic carbocycles. The van der Waals surface area contributed by atoms with Gasteiger partial charge in [0.05, 0.1) is 12.3 Å². The summed E-state index contributed by atoms with van der Waals surface area (Å²) in [6.07, 6.45) is 3.73. The van der Waals surface area contributed by atoms with Crippen LogP contribution in [0.5, 0.6) is 5.75 Å². The van der Waals surface area contributed by atoms with E-state index in [0.717, 1.165) is 25.7 Å². The number of unbranched alkanes of at least 4 members (excludes halogenated alkanes) is 3. The third-order valence-corrected chi connectivity index (χ3v) is 2.94. The van der Waals surface area contributed by atoms with E-state index in [9.17, 15) is 4.79 Å². The second kappa shape index (κ2) is 9.20. The maximum atomic E-state index is 11.9. The summed E-state index contributed by atoms with van der Waals surface area (Å²) in [6.45, 7) is 3.30. The highest BCUT2D eigenvalue weighted by Crippen LogP contribution is 2.22. The van der Waals surface area contributed by atoms with Gasteiger partial charge in [0.2, 0.25) is 0 Å². The second-order valence-corrected chi connectivity index (χ2v) is 4.58. The third kappa shape index (κ3) is 5.48. The molecule has 0 heterocycles. The van der Waals surface area contributed by atoms with Crippen molar-refractivity contribution in [1.82, 2.24) is 5.32 Å². The molecule has 0 bridgehead atoms. The number of benzene rings is 1. The van der Waals surface area contributed by atoms with E-state index >= 15 is 0 Å². The lowest BCUT2D eigenvalue weighted by molar-refractivity contribution is 0.0953. The molecule has 0 saturated carbocycles. The van der Waals surface area contributed by atoms with Gasteiger partial charge in [0.25, 0.3) is 5.91 Å². The lowest BCUT2D eigenvalue weighted by Gasteiger charge is -2.09. The Balaban J connectivity index is 2.38. The number of carbonyl (C=O) groups excluding carboxylic acids is 1. The molecule has 1 aromatic rings. The first-order chi connectivity index (χ1) is 9.69. The van der Waals surface area contributed by atoms with Crippen LogP contribution in [0, 0.1) is 0 Å². The molecule has 0 aliphatic heterocycles. The molecule has 1 amide bonds.